The number of nitro benzene ring substituents is 1. The second-order valence-corrected chi connectivity index (χ2v) is 4.21. The van der Waals surface area contributed by atoms with Crippen molar-refractivity contribution in [3.05, 3.63) is 39.9 Å². The van der Waals surface area contributed by atoms with Crippen molar-refractivity contribution >= 4 is 11.5 Å². The lowest BCUT2D eigenvalue weighted by molar-refractivity contribution is -0.384. The molecule has 0 aliphatic carbocycles. The highest BCUT2D eigenvalue weighted by Gasteiger charge is 2.18. The number of methoxy groups -OCH3 is 2. The van der Waals surface area contributed by atoms with Gasteiger partial charge in [0, 0.05) is 32.8 Å². The van der Waals surface area contributed by atoms with Crippen molar-refractivity contribution in [3.8, 4) is 0 Å². The largest absolute Gasteiger partial charge is 0.388 e. The molecule has 0 amide bonds. The molecule has 0 saturated carbocycles. The summed E-state index contributed by atoms with van der Waals surface area (Å²) >= 11 is 0. The van der Waals surface area contributed by atoms with Gasteiger partial charge in [-0.2, -0.15) is 0 Å². The number of nitro groups is 1. The Morgan fingerprint density at radius 2 is 1.80 bits per heavy atom. The molecule has 0 bridgehead atoms. The van der Waals surface area contributed by atoms with Gasteiger partial charge in [0.1, 0.15) is 5.78 Å². The smallest absolute Gasteiger partial charge is 0.269 e. The Hall–Kier alpha value is -1.83. The quantitative estimate of drug-likeness (QED) is 0.442. The molecule has 0 spiro atoms. The van der Waals surface area contributed by atoms with E-state index in [2.05, 4.69) is 0 Å². The van der Waals surface area contributed by atoms with Crippen LogP contribution in [0.1, 0.15) is 24.5 Å². The van der Waals surface area contributed by atoms with Crippen molar-refractivity contribution in [3.63, 3.8) is 0 Å². The summed E-state index contributed by atoms with van der Waals surface area (Å²) in [4.78, 5) is 21.7. The number of ether oxygens (including phenoxy) is 2. The van der Waals surface area contributed by atoms with Crippen LogP contribution < -0.4 is 0 Å². The van der Waals surface area contributed by atoms with Gasteiger partial charge in [-0.15, -0.1) is 0 Å². The lowest BCUT2D eigenvalue weighted by Crippen LogP contribution is -2.19. The van der Waals surface area contributed by atoms with Crippen LogP contribution in [0.15, 0.2) is 24.3 Å². The topological polar surface area (TPSA) is 98.9 Å². The Bertz CT molecular complexity index is 454. The normalized spacial score (nSPS) is 12.4. The van der Waals surface area contributed by atoms with Gasteiger partial charge >= 0.3 is 0 Å². The Morgan fingerprint density at radius 1 is 1.25 bits per heavy atom. The number of benzene rings is 1. The van der Waals surface area contributed by atoms with E-state index in [1.807, 2.05) is 0 Å². The molecule has 0 fully saturated rings. The zero-order chi connectivity index (χ0) is 15.1. The zero-order valence-electron chi connectivity index (χ0n) is 11.3. The molecule has 1 aromatic rings. The van der Waals surface area contributed by atoms with Gasteiger partial charge in [-0.3, -0.25) is 14.9 Å². The molecule has 0 heterocycles. The number of ketones is 1. The van der Waals surface area contributed by atoms with Crippen LogP contribution in [0.5, 0.6) is 0 Å². The van der Waals surface area contributed by atoms with E-state index in [9.17, 15) is 20.0 Å². The average molecular weight is 283 g/mol. The van der Waals surface area contributed by atoms with E-state index < -0.39 is 17.3 Å². The molecule has 0 radical (unpaired) electrons. The Labute approximate surface area is 116 Å². The first kappa shape index (κ1) is 16.2. The summed E-state index contributed by atoms with van der Waals surface area (Å²) in [7, 11) is 2.85. The van der Waals surface area contributed by atoms with Gasteiger partial charge < -0.3 is 14.6 Å². The third-order valence-corrected chi connectivity index (χ3v) is 2.83. The minimum Gasteiger partial charge on any atom is -0.388 e. The van der Waals surface area contributed by atoms with Gasteiger partial charge in [-0.25, -0.2) is 0 Å². The lowest BCUT2D eigenvalue weighted by Gasteiger charge is -2.14. The number of aliphatic hydroxyl groups is 1. The van der Waals surface area contributed by atoms with E-state index in [1.165, 1.54) is 38.5 Å². The number of rotatable bonds is 8. The average Bonchev–Trinajstić information content (AvgIpc) is 2.44. The molecule has 0 aromatic heterocycles. The SMILES string of the molecule is COC(CC(=O)C[C@H](O)c1ccc([N+](=O)[O-])cc1)OC. The van der Waals surface area contributed by atoms with Crippen molar-refractivity contribution < 1.29 is 24.3 Å². The van der Waals surface area contributed by atoms with E-state index in [4.69, 9.17) is 9.47 Å². The molecule has 7 heteroatoms. The van der Waals surface area contributed by atoms with Crippen molar-refractivity contribution in [2.24, 2.45) is 0 Å². The molecule has 0 unspecified atom stereocenters. The fourth-order valence-electron chi connectivity index (χ4n) is 1.68. The molecule has 1 N–H and O–H groups in total. The van der Waals surface area contributed by atoms with E-state index in [-0.39, 0.29) is 24.3 Å². The maximum Gasteiger partial charge on any atom is 0.269 e. The lowest BCUT2D eigenvalue weighted by atomic mass is 10.0. The Kier molecular flexibility index (Phi) is 6.23. The van der Waals surface area contributed by atoms with Gasteiger partial charge in [0.2, 0.25) is 0 Å². The summed E-state index contributed by atoms with van der Waals surface area (Å²) in [5.74, 6) is -0.218. The third kappa shape index (κ3) is 4.69. The minimum absolute atomic E-state index is 0.0387. The maximum atomic E-state index is 11.7. The van der Waals surface area contributed by atoms with Crippen molar-refractivity contribution in [2.45, 2.75) is 25.2 Å². The summed E-state index contributed by atoms with van der Waals surface area (Å²) < 4.78 is 9.80. The molecule has 7 nitrogen and oxygen atoms in total. The predicted octanol–water partition coefficient (Wildman–Crippen LogP) is 1.60. The Balaban J connectivity index is 2.59. The number of carbonyl (C=O) groups is 1. The number of nitrogens with zero attached hydrogens (tertiary/aromatic N) is 1. The van der Waals surface area contributed by atoms with Crippen molar-refractivity contribution in [1.82, 2.24) is 0 Å². The first-order valence-electron chi connectivity index (χ1n) is 5.97. The van der Waals surface area contributed by atoms with Crippen LogP contribution in [-0.4, -0.2) is 36.3 Å². The molecular weight excluding hydrogens is 266 g/mol. The summed E-state index contributed by atoms with van der Waals surface area (Å²) in [6.07, 6.45) is -1.69. The fourth-order valence-corrected chi connectivity index (χ4v) is 1.68. The van der Waals surface area contributed by atoms with E-state index in [0.717, 1.165) is 0 Å². The molecular formula is C13H17NO6. The predicted molar refractivity (Wildman–Crippen MR) is 70.1 cm³/mol. The zero-order valence-corrected chi connectivity index (χ0v) is 11.3. The van der Waals surface area contributed by atoms with Crippen LogP contribution in [0.4, 0.5) is 5.69 Å². The second kappa shape index (κ2) is 7.68. The van der Waals surface area contributed by atoms with E-state index in [1.54, 1.807) is 0 Å². The number of carbonyl (C=O) groups excluding carboxylic acids is 1. The van der Waals surface area contributed by atoms with Gasteiger partial charge in [0.25, 0.3) is 5.69 Å². The van der Waals surface area contributed by atoms with Crippen LogP contribution in [0, 0.1) is 10.1 Å². The molecule has 0 saturated heterocycles. The molecule has 0 aliphatic heterocycles. The summed E-state index contributed by atoms with van der Waals surface area (Å²) in [5.41, 5.74) is 0.390. The van der Waals surface area contributed by atoms with Crippen LogP contribution in [0.2, 0.25) is 0 Å². The molecule has 1 aromatic carbocycles. The van der Waals surface area contributed by atoms with Crippen LogP contribution in [-0.2, 0) is 14.3 Å². The van der Waals surface area contributed by atoms with Crippen molar-refractivity contribution in [2.75, 3.05) is 14.2 Å². The standard InChI is InChI=1S/C13H17NO6/c1-19-13(20-2)8-11(15)7-12(16)9-3-5-10(6-4-9)14(17)18/h3-6,12-13,16H,7-8H2,1-2H3/t12-/m0/s1. The first-order chi connectivity index (χ1) is 9.47. The van der Waals surface area contributed by atoms with Gasteiger partial charge in [-0.05, 0) is 17.7 Å². The maximum absolute atomic E-state index is 11.7. The molecule has 20 heavy (non-hydrogen) atoms. The number of hydrogen-bond acceptors (Lipinski definition) is 6. The summed E-state index contributed by atoms with van der Waals surface area (Å²) in [6.45, 7) is 0. The highest BCUT2D eigenvalue weighted by Crippen LogP contribution is 2.21. The fraction of sp³-hybridized carbons (Fsp3) is 0.462. The van der Waals surface area contributed by atoms with Gasteiger partial charge in [0.05, 0.1) is 17.4 Å². The number of Topliss-reactive ketones (excluding diaryl/α,β-unsaturated/α-hetero) is 1. The van der Waals surface area contributed by atoms with Crippen LogP contribution in [0.3, 0.4) is 0 Å². The Morgan fingerprint density at radius 3 is 2.25 bits per heavy atom. The second-order valence-electron chi connectivity index (χ2n) is 4.21. The molecule has 1 atom stereocenters. The van der Waals surface area contributed by atoms with Gasteiger partial charge in [-0.1, -0.05) is 0 Å². The molecule has 0 aliphatic rings. The van der Waals surface area contributed by atoms with E-state index in [0.29, 0.717) is 5.56 Å². The van der Waals surface area contributed by atoms with Crippen LogP contribution >= 0.6 is 0 Å². The minimum atomic E-state index is -1.00. The van der Waals surface area contributed by atoms with Gasteiger partial charge in [0.15, 0.2) is 6.29 Å². The molecule has 110 valence electrons. The highest BCUT2D eigenvalue weighted by atomic mass is 16.7. The van der Waals surface area contributed by atoms with Crippen LogP contribution in [0.25, 0.3) is 0 Å². The number of aliphatic hydroxyl groups excluding tert-OH is 1. The summed E-state index contributed by atoms with van der Waals surface area (Å²) in [5, 5.41) is 20.4. The monoisotopic (exact) mass is 283 g/mol. The molecule has 1 rings (SSSR count). The van der Waals surface area contributed by atoms with Crippen molar-refractivity contribution in [1.29, 1.82) is 0 Å². The first-order valence-corrected chi connectivity index (χ1v) is 5.97. The number of non-ortho nitro benzene ring substituents is 1. The third-order valence-electron chi connectivity index (χ3n) is 2.83. The van der Waals surface area contributed by atoms with E-state index >= 15 is 0 Å². The highest BCUT2D eigenvalue weighted by molar-refractivity contribution is 5.79. The number of hydrogen-bond donors (Lipinski definition) is 1. The summed E-state index contributed by atoms with van der Waals surface area (Å²) in [6, 6.07) is 5.44.